The van der Waals surface area contributed by atoms with Crippen molar-refractivity contribution in [1.29, 1.82) is 1.19 Å². The molecular weight excluding hydrogens is 316 g/mol. The molecule has 0 saturated heterocycles. The summed E-state index contributed by atoms with van der Waals surface area (Å²) in [5.74, 6) is 0. The molecule has 0 aromatic heterocycles. The van der Waals surface area contributed by atoms with Crippen molar-refractivity contribution in [2.45, 2.75) is 0 Å². The average Bonchev–Trinajstić information content (AvgIpc) is 1.39. The third-order valence-electron chi connectivity index (χ3n) is 0. The third kappa shape index (κ3) is 8.85. The average molecular weight is 325 g/mol. The van der Waals surface area contributed by atoms with Crippen molar-refractivity contribution in [1.82, 2.24) is 0 Å². The summed E-state index contributed by atoms with van der Waals surface area (Å²) in [6, 6.07) is 0. The van der Waals surface area contributed by atoms with Crippen LogP contribution in [0.2, 0.25) is 0 Å². The maximum atomic E-state index is 6.28. The van der Waals surface area contributed by atoms with Gasteiger partial charge in [0.1, 0.15) is 0 Å². The second-order valence-corrected chi connectivity index (χ2v) is 0. The summed E-state index contributed by atoms with van der Waals surface area (Å²) in [5.41, 5.74) is 0. The van der Waals surface area contributed by atoms with Gasteiger partial charge in [-0.05, 0) is 0 Å². The van der Waals surface area contributed by atoms with Gasteiger partial charge in [0.15, 0.2) is 0 Å². The van der Waals surface area contributed by atoms with Gasteiger partial charge in [-0.1, -0.05) is 0 Å². The first-order valence-electron chi connectivity index (χ1n) is 1.19. The zero-order chi connectivity index (χ0) is 5.41. The molecule has 0 rings (SSSR count). The van der Waals surface area contributed by atoms with E-state index in [4.69, 9.17) is 1.19 Å². The van der Waals surface area contributed by atoms with Gasteiger partial charge in [0, 0.05) is 0 Å². The normalized spacial score (nSPS) is 11.5. The topological polar surface area (TPSA) is 0 Å². The van der Waals surface area contributed by atoms with Crippen molar-refractivity contribution in [3.05, 3.63) is 0 Å². The molecule has 0 aromatic rings. The van der Waals surface area contributed by atoms with Crippen molar-refractivity contribution in [2.24, 2.45) is 0 Å². The van der Waals surface area contributed by atoms with Crippen LogP contribution >= 0.6 is 13.8 Å². The van der Waals surface area contributed by atoms with Crippen LogP contribution in [0.4, 0.5) is 0 Å². The Labute approximate surface area is 58.2 Å². The van der Waals surface area contributed by atoms with E-state index >= 15 is 0 Å². The van der Waals surface area contributed by atoms with Gasteiger partial charge in [-0.2, -0.15) is 0 Å². The molecule has 0 aliphatic rings. The summed E-state index contributed by atoms with van der Waals surface area (Å²) in [6.07, 6.45) is 0. The first-order valence-corrected chi connectivity index (χ1v) is 8.78. The van der Waals surface area contributed by atoms with E-state index in [9.17, 15) is 0 Å². The molecule has 0 amide bonds. The van der Waals surface area contributed by atoms with Gasteiger partial charge in [-0.3, -0.25) is 0 Å². The fraction of sp³-hybridized carbons (Fsp3) is 0. The van der Waals surface area contributed by atoms with E-state index in [-0.39, 0.29) is 43.7 Å². The van der Waals surface area contributed by atoms with E-state index in [1.807, 2.05) is 0 Å². The maximum absolute atomic E-state index is 6.28. The number of halogens is 2. The molecule has 0 aliphatic heterocycles. The van der Waals surface area contributed by atoms with Crippen LogP contribution < -0.4 is 43.7 Å². The molecule has 0 nitrogen and oxygen atoms in total. The van der Waals surface area contributed by atoms with Gasteiger partial charge in [-0.25, -0.2) is 0 Å². The molecule has 4 heteroatoms. The van der Waals surface area contributed by atoms with Gasteiger partial charge >= 0.3 is 58.6 Å². The second-order valence-electron chi connectivity index (χ2n) is 0. The SMILES string of the molecule is [2H][I-]P.[3H][I-]P. The zero-order valence-electron chi connectivity index (χ0n) is 3.91. The standard InChI is InChI=1S/2H3IP/c2*1-2/h2*1H,2H2/q2*-1/i1T;1D. The van der Waals surface area contributed by atoms with Gasteiger partial charge < -0.3 is 0 Å². The van der Waals surface area contributed by atoms with Crippen molar-refractivity contribution in [2.75, 3.05) is 0 Å². The van der Waals surface area contributed by atoms with E-state index in [0.717, 1.165) is 0 Å². The van der Waals surface area contributed by atoms with E-state index in [0.29, 0.717) is 0 Å². The van der Waals surface area contributed by atoms with Crippen LogP contribution in [0, 0.1) is 0 Å². The summed E-state index contributed by atoms with van der Waals surface area (Å²) in [6.45, 7) is 4.71. The first-order chi connectivity index (χ1) is 2.83. The first kappa shape index (κ1) is 4.48. The molecule has 0 radical (unpaired) electrons. The summed E-state index contributed by atoms with van der Waals surface area (Å²) in [7, 11) is 0. The summed E-state index contributed by atoms with van der Waals surface area (Å²) in [5, 5.41) is 0. The molecule has 0 bridgehead atoms. The molecule has 0 spiro atoms. The Morgan fingerprint density at radius 1 is 2.25 bits per heavy atom. The molecule has 4 heavy (non-hydrogen) atoms. The number of hydrogen-bond donors (Lipinski definition) is 0. The van der Waals surface area contributed by atoms with Crippen LogP contribution in [0.1, 0.15) is 0 Å². The van der Waals surface area contributed by atoms with Crippen molar-refractivity contribution >= 4 is 13.8 Å². The minimum atomic E-state index is -0.243. The van der Waals surface area contributed by atoms with E-state index in [1.54, 1.807) is 0 Å². The Kier molecular flexibility index (Phi) is 20.7. The summed E-state index contributed by atoms with van der Waals surface area (Å²) < 4.78 is 12.6. The van der Waals surface area contributed by atoms with Gasteiger partial charge in [-0.15, -0.1) is 0 Å². The quantitative estimate of drug-likeness (QED) is 0.308. The Bertz CT molecular complexity index is 11.5. The van der Waals surface area contributed by atoms with E-state index < -0.39 is 0 Å². The van der Waals surface area contributed by atoms with E-state index in [1.165, 1.54) is 0 Å². The third-order valence-corrected chi connectivity index (χ3v) is 0. The van der Waals surface area contributed by atoms with Crippen LogP contribution in [0.25, 0.3) is 0 Å². The zero-order valence-corrected chi connectivity index (χ0v) is 8.54. The van der Waals surface area contributed by atoms with Crippen LogP contribution in [0.5, 0.6) is 0 Å². The van der Waals surface area contributed by atoms with Crippen LogP contribution in [0.3, 0.4) is 0 Å². The van der Waals surface area contributed by atoms with E-state index in [2.05, 4.69) is 13.8 Å². The Morgan fingerprint density at radius 2 is 2.25 bits per heavy atom. The monoisotopic (exact) mass is 325 g/mol. The van der Waals surface area contributed by atoms with Crippen LogP contribution in [-0.4, -0.2) is 1.19 Å². The molecule has 0 N–H and O–H groups in total. The Morgan fingerprint density at radius 3 is 2.25 bits per heavy atom. The van der Waals surface area contributed by atoms with Crippen molar-refractivity contribution in [3.8, 4) is 0 Å². The fourth-order valence-electron chi connectivity index (χ4n) is 0. The predicted octanol–water partition coefficient (Wildman–Crippen LogP) is -5.88. The predicted molar refractivity (Wildman–Crippen MR) is 22.2 cm³/mol. The molecule has 0 aliphatic carbocycles. The Balaban J connectivity index is 0. The van der Waals surface area contributed by atoms with Gasteiger partial charge in [0.2, 0.25) is 0 Å². The molecule has 0 aromatic carbocycles. The molecule has 2 atom stereocenters. The van der Waals surface area contributed by atoms with Gasteiger partial charge in [0.25, 0.3) is 0 Å². The summed E-state index contributed by atoms with van der Waals surface area (Å²) >= 11 is -0.487. The molecule has 32 valence electrons. The van der Waals surface area contributed by atoms with Crippen LogP contribution in [0.15, 0.2) is 0 Å². The van der Waals surface area contributed by atoms with Crippen LogP contribution in [-0.2, 0) is 0 Å². The van der Waals surface area contributed by atoms with Gasteiger partial charge in [0.05, 0.1) is 0 Å². The fourth-order valence-corrected chi connectivity index (χ4v) is 0. The molecule has 2 unspecified atom stereocenters. The number of hydrogen-bond acceptors (Lipinski definition) is 0. The molecule has 0 fully saturated rings. The Hall–Kier alpha value is 2.32. The summed E-state index contributed by atoms with van der Waals surface area (Å²) in [4.78, 5) is 0. The molecule has 0 saturated carbocycles. The molecule has 0 heterocycles. The van der Waals surface area contributed by atoms with Crippen molar-refractivity contribution in [3.63, 3.8) is 0 Å². The molecular formula is H6I2P2-2. The minimum absolute atomic E-state index is 0.243. The second kappa shape index (κ2) is 18.4. The van der Waals surface area contributed by atoms with Crippen molar-refractivity contribution < 1.29 is 43.7 Å². The number of rotatable bonds is 0.